The summed E-state index contributed by atoms with van der Waals surface area (Å²) in [6.07, 6.45) is 11.6. The van der Waals surface area contributed by atoms with Crippen LogP contribution in [0.5, 0.6) is 0 Å². The van der Waals surface area contributed by atoms with Gasteiger partial charge in [0.25, 0.3) is 0 Å². The summed E-state index contributed by atoms with van der Waals surface area (Å²) < 4.78 is 5.28. The van der Waals surface area contributed by atoms with E-state index in [-0.39, 0.29) is 18.0 Å². The van der Waals surface area contributed by atoms with Crippen molar-refractivity contribution in [2.45, 2.75) is 59.0 Å². The number of carbonyl (C=O) groups excluding carboxylic acids is 1. The number of ether oxygens (including phenoxy) is 1. The van der Waals surface area contributed by atoms with Gasteiger partial charge in [-0.25, -0.2) is 0 Å². The Morgan fingerprint density at radius 2 is 2.35 bits per heavy atom. The summed E-state index contributed by atoms with van der Waals surface area (Å²) in [6.45, 7) is 5.85. The third-order valence-electron chi connectivity index (χ3n) is 3.01. The van der Waals surface area contributed by atoms with Crippen LogP contribution in [0.3, 0.4) is 0 Å². The van der Waals surface area contributed by atoms with E-state index in [1.807, 2.05) is 20.8 Å². The number of hydrogen-bond acceptors (Lipinski definition) is 2. The predicted octanol–water partition coefficient (Wildman–Crippen LogP) is 4.02. The third kappa shape index (κ3) is 5.20. The number of rotatable bonds is 5. The minimum Gasteiger partial charge on any atom is -0.463 e. The Bertz CT molecular complexity index is 300. The number of carbonyl (C=O) groups is 1. The summed E-state index contributed by atoms with van der Waals surface area (Å²) in [7, 11) is 0. The minimum atomic E-state index is -0.0170. The van der Waals surface area contributed by atoms with Gasteiger partial charge in [0, 0.05) is 0 Å². The molecule has 0 amide bonds. The maximum Gasteiger partial charge on any atom is 0.309 e. The smallest absolute Gasteiger partial charge is 0.309 e. The van der Waals surface area contributed by atoms with E-state index >= 15 is 0 Å². The van der Waals surface area contributed by atoms with Crippen molar-refractivity contribution < 1.29 is 9.53 Å². The highest BCUT2D eigenvalue weighted by Gasteiger charge is 2.24. The molecule has 0 bridgehead atoms. The van der Waals surface area contributed by atoms with Crippen LogP contribution in [0.2, 0.25) is 0 Å². The Morgan fingerprint density at radius 3 is 3.00 bits per heavy atom. The van der Waals surface area contributed by atoms with Crippen molar-refractivity contribution in [3.63, 3.8) is 0 Å². The maximum atomic E-state index is 11.8. The molecule has 1 atom stereocenters. The molecule has 0 fully saturated rings. The molecule has 0 aromatic heterocycles. The molecule has 1 aliphatic carbocycles. The van der Waals surface area contributed by atoms with Crippen molar-refractivity contribution in [1.29, 1.82) is 0 Å². The Labute approximate surface area is 105 Å². The van der Waals surface area contributed by atoms with Crippen molar-refractivity contribution >= 4 is 5.97 Å². The minimum absolute atomic E-state index is 0.000110. The van der Waals surface area contributed by atoms with E-state index in [0.29, 0.717) is 0 Å². The number of esters is 1. The molecule has 96 valence electrons. The predicted molar refractivity (Wildman–Crippen MR) is 70.7 cm³/mol. The molecule has 0 spiro atoms. The van der Waals surface area contributed by atoms with E-state index < -0.39 is 0 Å². The van der Waals surface area contributed by atoms with Crippen LogP contribution in [0.1, 0.15) is 52.9 Å². The molecule has 0 N–H and O–H groups in total. The van der Waals surface area contributed by atoms with Crippen LogP contribution < -0.4 is 0 Å². The van der Waals surface area contributed by atoms with E-state index in [9.17, 15) is 4.79 Å². The van der Waals surface area contributed by atoms with Crippen LogP contribution in [0.25, 0.3) is 0 Å². The van der Waals surface area contributed by atoms with Gasteiger partial charge in [-0.2, -0.15) is 0 Å². The molecular formula is C15H24O2. The van der Waals surface area contributed by atoms with Crippen molar-refractivity contribution in [3.05, 3.63) is 23.8 Å². The lowest BCUT2D eigenvalue weighted by Gasteiger charge is -2.22. The molecule has 0 aromatic carbocycles. The van der Waals surface area contributed by atoms with Gasteiger partial charge in [0.15, 0.2) is 0 Å². The van der Waals surface area contributed by atoms with Crippen LogP contribution in [0, 0.1) is 5.92 Å². The summed E-state index contributed by atoms with van der Waals surface area (Å²) >= 11 is 0. The summed E-state index contributed by atoms with van der Waals surface area (Å²) in [4.78, 5) is 11.8. The first-order valence-corrected chi connectivity index (χ1v) is 6.63. The van der Waals surface area contributed by atoms with Crippen LogP contribution in [-0.2, 0) is 9.53 Å². The van der Waals surface area contributed by atoms with E-state index in [4.69, 9.17) is 4.74 Å². The highest BCUT2D eigenvalue weighted by atomic mass is 16.5. The van der Waals surface area contributed by atoms with Gasteiger partial charge in [0.1, 0.15) is 0 Å². The Morgan fingerprint density at radius 1 is 1.59 bits per heavy atom. The normalized spacial score (nSPS) is 20.7. The van der Waals surface area contributed by atoms with E-state index in [1.165, 1.54) is 5.57 Å². The molecule has 1 rings (SSSR count). The van der Waals surface area contributed by atoms with Crippen LogP contribution in [0.15, 0.2) is 23.8 Å². The third-order valence-corrected chi connectivity index (χ3v) is 3.01. The Balaban J connectivity index is 2.41. The van der Waals surface area contributed by atoms with Gasteiger partial charge in [0.2, 0.25) is 0 Å². The lowest BCUT2D eigenvalue weighted by atomic mass is 9.87. The summed E-state index contributed by atoms with van der Waals surface area (Å²) in [5.41, 5.74) is 1.42. The van der Waals surface area contributed by atoms with Gasteiger partial charge in [-0.05, 0) is 52.9 Å². The average Bonchev–Trinajstić information content (AvgIpc) is 2.29. The lowest BCUT2D eigenvalue weighted by molar-refractivity contribution is -0.152. The molecule has 0 saturated heterocycles. The van der Waals surface area contributed by atoms with Crippen molar-refractivity contribution in [2.24, 2.45) is 5.92 Å². The van der Waals surface area contributed by atoms with Crippen LogP contribution in [-0.4, -0.2) is 12.1 Å². The SMILES string of the molecule is C/C=C\CCC1=CCCC(C(=O)OC(C)C)C1. The van der Waals surface area contributed by atoms with Crippen molar-refractivity contribution in [3.8, 4) is 0 Å². The molecule has 0 heterocycles. The second kappa shape index (κ2) is 7.31. The Hall–Kier alpha value is -1.05. The fourth-order valence-corrected chi connectivity index (χ4v) is 2.16. The van der Waals surface area contributed by atoms with Crippen molar-refractivity contribution in [1.82, 2.24) is 0 Å². The van der Waals surface area contributed by atoms with E-state index in [1.54, 1.807) is 0 Å². The molecule has 2 heteroatoms. The first-order chi connectivity index (χ1) is 8.13. The molecule has 0 saturated carbocycles. The van der Waals surface area contributed by atoms with Gasteiger partial charge in [-0.3, -0.25) is 4.79 Å². The van der Waals surface area contributed by atoms with E-state index in [0.717, 1.165) is 32.1 Å². The lowest BCUT2D eigenvalue weighted by Crippen LogP contribution is -2.23. The largest absolute Gasteiger partial charge is 0.463 e. The van der Waals surface area contributed by atoms with Gasteiger partial charge < -0.3 is 4.74 Å². The van der Waals surface area contributed by atoms with Gasteiger partial charge in [-0.1, -0.05) is 23.8 Å². The second-order valence-corrected chi connectivity index (χ2v) is 4.93. The van der Waals surface area contributed by atoms with Crippen LogP contribution in [0.4, 0.5) is 0 Å². The second-order valence-electron chi connectivity index (χ2n) is 4.93. The van der Waals surface area contributed by atoms with Gasteiger partial charge in [0.05, 0.1) is 12.0 Å². The monoisotopic (exact) mass is 236 g/mol. The molecular weight excluding hydrogens is 212 g/mol. The summed E-state index contributed by atoms with van der Waals surface area (Å²) in [6, 6.07) is 0. The zero-order valence-corrected chi connectivity index (χ0v) is 11.2. The van der Waals surface area contributed by atoms with E-state index in [2.05, 4.69) is 18.2 Å². The zero-order valence-electron chi connectivity index (χ0n) is 11.2. The maximum absolute atomic E-state index is 11.8. The highest BCUT2D eigenvalue weighted by molar-refractivity contribution is 5.73. The Kier molecular flexibility index (Phi) is 6.03. The first-order valence-electron chi connectivity index (χ1n) is 6.63. The molecule has 1 unspecified atom stereocenters. The summed E-state index contributed by atoms with van der Waals surface area (Å²) in [5.74, 6) is 0.0691. The van der Waals surface area contributed by atoms with Gasteiger partial charge in [-0.15, -0.1) is 0 Å². The molecule has 17 heavy (non-hydrogen) atoms. The highest BCUT2D eigenvalue weighted by Crippen LogP contribution is 2.28. The molecule has 0 aliphatic heterocycles. The number of hydrogen-bond donors (Lipinski definition) is 0. The molecule has 0 radical (unpaired) electrons. The fourth-order valence-electron chi connectivity index (χ4n) is 2.16. The van der Waals surface area contributed by atoms with Crippen LogP contribution >= 0.6 is 0 Å². The standard InChI is InChI=1S/C15H24O2/c1-4-5-6-8-13-9-7-10-14(11-13)15(16)17-12(2)3/h4-5,9,12,14H,6-8,10-11H2,1-3H3/b5-4-. The first kappa shape index (κ1) is 14.0. The zero-order chi connectivity index (χ0) is 12.7. The fraction of sp³-hybridized carbons (Fsp3) is 0.667. The quantitative estimate of drug-likeness (QED) is 0.532. The summed E-state index contributed by atoms with van der Waals surface area (Å²) in [5, 5.41) is 0. The average molecular weight is 236 g/mol. The molecule has 1 aliphatic rings. The number of allylic oxidation sites excluding steroid dienone is 4. The molecule has 0 aromatic rings. The van der Waals surface area contributed by atoms with Crippen molar-refractivity contribution in [2.75, 3.05) is 0 Å². The molecule has 2 nitrogen and oxygen atoms in total. The van der Waals surface area contributed by atoms with Gasteiger partial charge >= 0.3 is 5.97 Å². The topological polar surface area (TPSA) is 26.3 Å².